The molecule has 4 rings (SSSR count). The molecule has 0 atom stereocenters. The van der Waals surface area contributed by atoms with E-state index in [4.69, 9.17) is 9.72 Å². The Labute approximate surface area is 165 Å². The van der Waals surface area contributed by atoms with Gasteiger partial charge in [0.15, 0.2) is 0 Å². The summed E-state index contributed by atoms with van der Waals surface area (Å²) in [7, 11) is 2.06. The van der Waals surface area contributed by atoms with Crippen molar-refractivity contribution in [2.45, 2.75) is 13.5 Å². The number of rotatable bonds is 5. The van der Waals surface area contributed by atoms with Gasteiger partial charge in [-0.3, -0.25) is 9.69 Å². The smallest absolute Gasteiger partial charge is 0.257 e. The lowest BCUT2D eigenvalue weighted by atomic mass is 10.1. The van der Waals surface area contributed by atoms with E-state index in [0.717, 1.165) is 36.5 Å². The number of piperazine rings is 1. The van der Waals surface area contributed by atoms with Gasteiger partial charge in [-0.15, -0.1) is 0 Å². The van der Waals surface area contributed by atoms with Crippen LogP contribution < -0.4 is 4.74 Å². The minimum absolute atomic E-state index is 0.0476. The topological polar surface area (TPSA) is 50.6 Å². The Balaban J connectivity index is 1.40. The SMILES string of the molecule is CCOc1ccccc1C(=O)N1CCN(Cc2nc3ccccc3n2C)CC1. The zero-order valence-corrected chi connectivity index (χ0v) is 16.5. The fourth-order valence-electron chi connectivity index (χ4n) is 3.74. The van der Waals surface area contributed by atoms with Crippen molar-refractivity contribution in [2.75, 3.05) is 32.8 Å². The van der Waals surface area contributed by atoms with Crippen LogP contribution in [0.25, 0.3) is 11.0 Å². The standard InChI is InChI=1S/C22H26N4O2/c1-3-28-20-11-7-4-8-17(20)22(27)26-14-12-25(13-15-26)16-21-23-18-9-5-6-10-19(18)24(21)2/h4-11H,3,12-16H2,1-2H3. The number of imidazole rings is 1. The molecule has 6 nitrogen and oxygen atoms in total. The van der Waals surface area contributed by atoms with Gasteiger partial charge in [-0.25, -0.2) is 4.98 Å². The minimum atomic E-state index is 0.0476. The van der Waals surface area contributed by atoms with E-state index in [1.807, 2.05) is 54.3 Å². The van der Waals surface area contributed by atoms with E-state index in [-0.39, 0.29) is 5.91 Å². The van der Waals surface area contributed by atoms with Crippen LogP contribution in [0.2, 0.25) is 0 Å². The summed E-state index contributed by atoms with van der Waals surface area (Å²) >= 11 is 0. The average Bonchev–Trinajstić information content (AvgIpc) is 3.04. The quantitative estimate of drug-likeness (QED) is 0.685. The molecule has 0 N–H and O–H groups in total. The van der Waals surface area contributed by atoms with E-state index in [0.29, 0.717) is 31.0 Å². The Kier molecular flexibility index (Phi) is 5.30. The zero-order chi connectivity index (χ0) is 19.5. The molecule has 0 bridgehead atoms. The number of aromatic nitrogens is 2. The van der Waals surface area contributed by atoms with Gasteiger partial charge in [-0.1, -0.05) is 24.3 Å². The van der Waals surface area contributed by atoms with Gasteiger partial charge in [-0.2, -0.15) is 0 Å². The summed E-state index contributed by atoms with van der Waals surface area (Å²) in [6.07, 6.45) is 0. The minimum Gasteiger partial charge on any atom is -0.493 e. The molecule has 1 fully saturated rings. The van der Waals surface area contributed by atoms with Crippen LogP contribution in [0.5, 0.6) is 5.75 Å². The molecule has 1 aliphatic rings. The van der Waals surface area contributed by atoms with E-state index in [9.17, 15) is 4.79 Å². The first-order chi connectivity index (χ1) is 13.7. The monoisotopic (exact) mass is 378 g/mol. The summed E-state index contributed by atoms with van der Waals surface area (Å²) in [6, 6.07) is 15.7. The van der Waals surface area contributed by atoms with Crippen LogP contribution in [0.15, 0.2) is 48.5 Å². The second-order valence-electron chi connectivity index (χ2n) is 7.07. The van der Waals surface area contributed by atoms with Crippen LogP contribution in [-0.2, 0) is 13.6 Å². The van der Waals surface area contributed by atoms with Crippen LogP contribution in [0, 0.1) is 0 Å². The molecule has 6 heteroatoms. The maximum absolute atomic E-state index is 12.9. The molecule has 146 valence electrons. The van der Waals surface area contributed by atoms with Gasteiger partial charge in [0.1, 0.15) is 11.6 Å². The lowest BCUT2D eigenvalue weighted by Crippen LogP contribution is -2.48. The maximum Gasteiger partial charge on any atom is 0.257 e. The van der Waals surface area contributed by atoms with Gasteiger partial charge < -0.3 is 14.2 Å². The molecule has 1 amide bonds. The van der Waals surface area contributed by atoms with E-state index in [1.165, 1.54) is 0 Å². The third-order valence-electron chi connectivity index (χ3n) is 5.32. The number of aryl methyl sites for hydroxylation is 1. The predicted octanol–water partition coefficient (Wildman–Crippen LogP) is 2.93. The van der Waals surface area contributed by atoms with Crippen LogP contribution in [0.3, 0.4) is 0 Å². The highest BCUT2D eigenvalue weighted by Crippen LogP contribution is 2.21. The molecule has 0 aliphatic carbocycles. The third kappa shape index (κ3) is 3.60. The van der Waals surface area contributed by atoms with E-state index < -0.39 is 0 Å². The fraction of sp³-hybridized carbons (Fsp3) is 0.364. The Morgan fingerprint density at radius 1 is 1.04 bits per heavy atom. The highest BCUT2D eigenvalue weighted by Gasteiger charge is 2.25. The molecule has 2 aromatic carbocycles. The lowest BCUT2D eigenvalue weighted by molar-refractivity contribution is 0.0620. The molecular weight excluding hydrogens is 352 g/mol. The maximum atomic E-state index is 12.9. The highest BCUT2D eigenvalue weighted by molar-refractivity contribution is 5.97. The van der Waals surface area contributed by atoms with Gasteiger partial charge in [0.25, 0.3) is 5.91 Å². The number of benzene rings is 2. The van der Waals surface area contributed by atoms with Crippen molar-refractivity contribution in [2.24, 2.45) is 7.05 Å². The van der Waals surface area contributed by atoms with E-state index in [1.54, 1.807) is 0 Å². The first-order valence-corrected chi connectivity index (χ1v) is 9.81. The van der Waals surface area contributed by atoms with Crippen molar-refractivity contribution in [1.82, 2.24) is 19.4 Å². The number of carbonyl (C=O) groups is 1. The first kappa shape index (κ1) is 18.5. The van der Waals surface area contributed by atoms with Gasteiger partial charge >= 0.3 is 0 Å². The normalized spacial score (nSPS) is 15.1. The molecule has 2 heterocycles. The van der Waals surface area contributed by atoms with Crippen molar-refractivity contribution in [3.63, 3.8) is 0 Å². The van der Waals surface area contributed by atoms with Crippen molar-refractivity contribution in [1.29, 1.82) is 0 Å². The third-order valence-corrected chi connectivity index (χ3v) is 5.32. The number of carbonyl (C=O) groups excluding carboxylic acids is 1. The average molecular weight is 378 g/mol. The van der Waals surface area contributed by atoms with E-state index >= 15 is 0 Å². The van der Waals surface area contributed by atoms with Crippen LogP contribution in [0.1, 0.15) is 23.1 Å². The fourth-order valence-corrected chi connectivity index (χ4v) is 3.74. The number of para-hydroxylation sites is 3. The highest BCUT2D eigenvalue weighted by atomic mass is 16.5. The van der Waals surface area contributed by atoms with Crippen LogP contribution >= 0.6 is 0 Å². The number of hydrogen-bond donors (Lipinski definition) is 0. The molecule has 1 aliphatic heterocycles. The number of fused-ring (bicyclic) bond motifs is 1. The van der Waals surface area contributed by atoms with Crippen molar-refractivity contribution in [3.05, 3.63) is 59.9 Å². The molecular formula is C22H26N4O2. The first-order valence-electron chi connectivity index (χ1n) is 9.81. The van der Waals surface area contributed by atoms with Crippen LogP contribution in [0.4, 0.5) is 0 Å². The summed E-state index contributed by atoms with van der Waals surface area (Å²) in [5, 5.41) is 0. The number of amides is 1. The van der Waals surface area contributed by atoms with Crippen molar-refractivity contribution >= 4 is 16.9 Å². The summed E-state index contributed by atoms with van der Waals surface area (Å²) in [6.45, 7) is 6.38. The lowest BCUT2D eigenvalue weighted by Gasteiger charge is -2.34. The Bertz CT molecular complexity index is 974. The molecule has 0 spiro atoms. The molecule has 28 heavy (non-hydrogen) atoms. The van der Waals surface area contributed by atoms with Crippen LogP contribution in [-0.4, -0.2) is 58.0 Å². The van der Waals surface area contributed by atoms with Gasteiger partial charge in [0.2, 0.25) is 0 Å². The molecule has 0 radical (unpaired) electrons. The van der Waals surface area contributed by atoms with Crippen molar-refractivity contribution in [3.8, 4) is 5.75 Å². The molecule has 1 aromatic heterocycles. The largest absolute Gasteiger partial charge is 0.493 e. The summed E-state index contributed by atoms with van der Waals surface area (Å²) < 4.78 is 7.78. The predicted molar refractivity (Wildman–Crippen MR) is 110 cm³/mol. The van der Waals surface area contributed by atoms with E-state index in [2.05, 4.69) is 22.6 Å². The second kappa shape index (κ2) is 8.02. The number of nitrogens with zero attached hydrogens (tertiary/aromatic N) is 4. The summed E-state index contributed by atoms with van der Waals surface area (Å²) in [4.78, 5) is 22.0. The Morgan fingerprint density at radius 3 is 2.50 bits per heavy atom. The summed E-state index contributed by atoms with van der Waals surface area (Å²) in [5.74, 6) is 1.77. The molecule has 1 saturated heterocycles. The second-order valence-corrected chi connectivity index (χ2v) is 7.07. The van der Waals surface area contributed by atoms with Gasteiger partial charge in [0.05, 0.1) is 29.7 Å². The number of hydrogen-bond acceptors (Lipinski definition) is 4. The van der Waals surface area contributed by atoms with Gasteiger partial charge in [0, 0.05) is 33.2 Å². The molecule has 3 aromatic rings. The van der Waals surface area contributed by atoms with Crippen molar-refractivity contribution < 1.29 is 9.53 Å². The molecule has 0 saturated carbocycles. The Morgan fingerprint density at radius 2 is 1.75 bits per heavy atom. The summed E-state index contributed by atoms with van der Waals surface area (Å²) in [5.41, 5.74) is 2.83. The zero-order valence-electron chi connectivity index (χ0n) is 16.5. The Hall–Kier alpha value is -2.86. The molecule has 0 unspecified atom stereocenters. The van der Waals surface area contributed by atoms with Gasteiger partial charge in [-0.05, 0) is 31.2 Å². The number of ether oxygens (including phenoxy) is 1.